The lowest BCUT2D eigenvalue weighted by Gasteiger charge is -2.13. The van der Waals surface area contributed by atoms with Crippen LogP contribution >= 0.6 is 0 Å². The Morgan fingerprint density at radius 3 is 3.00 bits per heavy atom. The van der Waals surface area contributed by atoms with E-state index in [1.54, 1.807) is 6.26 Å². The quantitative estimate of drug-likeness (QED) is 0.780. The van der Waals surface area contributed by atoms with Crippen LogP contribution in [0, 0.1) is 0 Å². The second-order valence-electron chi connectivity index (χ2n) is 3.52. The van der Waals surface area contributed by atoms with E-state index in [9.17, 15) is 4.79 Å². The third kappa shape index (κ3) is 4.54. The van der Waals surface area contributed by atoms with Crippen LogP contribution in [-0.2, 0) is 6.42 Å². The second kappa shape index (κ2) is 6.11. The van der Waals surface area contributed by atoms with E-state index in [0.29, 0.717) is 6.54 Å². The molecule has 4 nitrogen and oxygen atoms in total. The number of hydrogen-bond acceptors (Lipinski definition) is 2. The molecule has 0 spiro atoms. The molecule has 0 radical (unpaired) electrons. The molecule has 0 aliphatic rings. The Balaban J connectivity index is 2.18. The fraction of sp³-hybridized carbons (Fsp3) is 0.545. The lowest BCUT2D eigenvalue weighted by atomic mass is 10.1. The maximum absolute atomic E-state index is 11.2. The summed E-state index contributed by atoms with van der Waals surface area (Å²) in [5, 5.41) is 5.55. The lowest BCUT2D eigenvalue weighted by molar-refractivity contribution is 0.237. The minimum absolute atomic E-state index is 0.107. The minimum atomic E-state index is -0.107. The fourth-order valence-electron chi connectivity index (χ4n) is 1.32. The monoisotopic (exact) mass is 210 g/mol. The molecule has 0 aliphatic heterocycles. The number of amides is 2. The lowest BCUT2D eigenvalue weighted by Crippen LogP contribution is -2.40. The highest BCUT2D eigenvalue weighted by Crippen LogP contribution is 2.05. The summed E-state index contributed by atoms with van der Waals surface area (Å²) in [6, 6.07) is 3.86. The summed E-state index contributed by atoms with van der Waals surface area (Å²) < 4.78 is 5.21. The molecule has 0 fully saturated rings. The van der Waals surface area contributed by atoms with Crippen LogP contribution in [0.15, 0.2) is 22.8 Å². The molecular formula is C11H18N2O2. The Morgan fingerprint density at radius 1 is 1.60 bits per heavy atom. The van der Waals surface area contributed by atoms with Crippen molar-refractivity contribution in [1.82, 2.24) is 10.6 Å². The molecule has 1 unspecified atom stereocenters. The molecule has 0 aromatic carbocycles. The SMILES string of the molecule is CCNC(=O)NC(C)CCc1ccco1. The molecule has 1 atom stereocenters. The molecule has 1 heterocycles. The first-order chi connectivity index (χ1) is 7.22. The standard InChI is InChI=1S/C11H18N2O2/c1-3-12-11(14)13-9(2)6-7-10-5-4-8-15-10/h4-5,8-9H,3,6-7H2,1-2H3,(H2,12,13,14). The van der Waals surface area contributed by atoms with Gasteiger partial charge in [0.2, 0.25) is 0 Å². The van der Waals surface area contributed by atoms with Gasteiger partial charge in [0.1, 0.15) is 5.76 Å². The number of nitrogens with one attached hydrogen (secondary N) is 2. The summed E-state index contributed by atoms with van der Waals surface area (Å²) in [7, 11) is 0. The largest absolute Gasteiger partial charge is 0.469 e. The van der Waals surface area contributed by atoms with Crippen LogP contribution in [0.3, 0.4) is 0 Å². The maximum Gasteiger partial charge on any atom is 0.314 e. The van der Waals surface area contributed by atoms with E-state index in [-0.39, 0.29) is 12.1 Å². The van der Waals surface area contributed by atoms with Crippen LogP contribution in [0.1, 0.15) is 26.0 Å². The van der Waals surface area contributed by atoms with E-state index in [2.05, 4.69) is 10.6 Å². The third-order valence-electron chi connectivity index (χ3n) is 2.12. The van der Waals surface area contributed by atoms with E-state index >= 15 is 0 Å². The van der Waals surface area contributed by atoms with Gasteiger partial charge in [-0.1, -0.05) is 0 Å². The third-order valence-corrected chi connectivity index (χ3v) is 2.12. The van der Waals surface area contributed by atoms with Crippen molar-refractivity contribution in [3.8, 4) is 0 Å². The van der Waals surface area contributed by atoms with Gasteiger partial charge in [-0.25, -0.2) is 4.79 Å². The van der Waals surface area contributed by atoms with Crippen molar-refractivity contribution in [3.63, 3.8) is 0 Å². The van der Waals surface area contributed by atoms with Crippen LogP contribution in [0.5, 0.6) is 0 Å². The highest BCUT2D eigenvalue weighted by molar-refractivity contribution is 5.73. The van der Waals surface area contributed by atoms with Gasteiger partial charge in [0.15, 0.2) is 0 Å². The Morgan fingerprint density at radius 2 is 2.40 bits per heavy atom. The van der Waals surface area contributed by atoms with Crippen molar-refractivity contribution in [2.24, 2.45) is 0 Å². The first-order valence-corrected chi connectivity index (χ1v) is 5.29. The van der Waals surface area contributed by atoms with Gasteiger partial charge in [-0.05, 0) is 32.4 Å². The van der Waals surface area contributed by atoms with Gasteiger partial charge in [0.25, 0.3) is 0 Å². The second-order valence-corrected chi connectivity index (χ2v) is 3.52. The Kier molecular flexibility index (Phi) is 4.74. The average Bonchev–Trinajstić information content (AvgIpc) is 2.67. The minimum Gasteiger partial charge on any atom is -0.469 e. The van der Waals surface area contributed by atoms with Crippen molar-refractivity contribution in [2.75, 3.05) is 6.54 Å². The van der Waals surface area contributed by atoms with Gasteiger partial charge in [-0.15, -0.1) is 0 Å². The molecule has 1 rings (SSSR count). The number of carbonyl (C=O) groups excluding carboxylic acids is 1. The molecule has 84 valence electrons. The number of aryl methyl sites for hydroxylation is 1. The number of hydrogen-bond donors (Lipinski definition) is 2. The first-order valence-electron chi connectivity index (χ1n) is 5.29. The zero-order valence-electron chi connectivity index (χ0n) is 9.25. The van der Waals surface area contributed by atoms with E-state index in [4.69, 9.17) is 4.42 Å². The molecule has 0 aliphatic carbocycles. The van der Waals surface area contributed by atoms with E-state index in [1.807, 2.05) is 26.0 Å². The summed E-state index contributed by atoms with van der Waals surface area (Å²) in [4.78, 5) is 11.2. The van der Waals surface area contributed by atoms with Gasteiger partial charge >= 0.3 is 6.03 Å². The zero-order chi connectivity index (χ0) is 11.1. The van der Waals surface area contributed by atoms with Gasteiger partial charge in [-0.3, -0.25) is 0 Å². The van der Waals surface area contributed by atoms with Crippen LogP contribution in [0.25, 0.3) is 0 Å². The van der Waals surface area contributed by atoms with Gasteiger partial charge in [0, 0.05) is 19.0 Å². The number of carbonyl (C=O) groups is 1. The number of rotatable bonds is 5. The molecule has 0 bridgehead atoms. The predicted molar refractivity (Wildman–Crippen MR) is 58.7 cm³/mol. The average molecular weight is 210 g/mol. The van der Waals surface area contributed by atoms with Crippen LogP contribution < -0.4 is 10.6 Å². The summed E-state index contributed by atoms with van der Waals surface area (Å²) in [6.45, 7) is 4.53. The molecule has 1 aromatic rings. The molecule has 2 amide bonds. The van der Waals surface area contributed by atoms with E-state index < -0.39 is 0 Å². The molecule has 15 heavy (non-hydrogen) atoms. The molecular weight excluding hydrogens is 192 g/mol. The first kappa shape index (κ1) is 11.6. The summed E-state index contributed by atoms with van der Waals surface area (Å²) in [5.74, 6) is 0.958. The maximum atomic E-state index is 11.2. The normalized spacial score (nSPS) is 12.1. The summed E-state index contributed by atoms with van der Waals surface area (Å²) in [5.41, 5.74) is 0. The highest BCUT2D eigenvalue weighted by Gasteiger charge is 2.06. The van der Waals surface area contributed by atoms with Gasteiger partial charge in [-0.2, -0.15) is 0 Å². The zero-order valence-corrected chi connectivity index (χ0v) is 9.25. The molecule has 2 N–H and O–H groups in total. The molecule has 0 saturated carbocycles. The topological polar surface area (TPSA) is 54.3 Å². The molecule has 1 aromatic heterocycles. The highest BCUT2D eigenvalue weighted by atomic mass is 16.3. The predicted octanol–water partition coefficient (Wildman–Crippen LogP) is 1.92. The van der Waals surface area contributed by atoms with Crippen LogP contribution in [-0.4, -0.2) is 18.6 Å². The molecule has 0 saturated heterocycles. The fourth-order valence-corrected chi connectivity index (χ4v) is 1.32. The van der Waals surface area contributed by atoms with Crippen LogP contribution in [0.2, 0.25) is 0 Å². The Bertz CT molecular complexity index is 283. The van der Waals surface area contributed by atoms with Crippen molar-refractivity contribution in [2.45, 2.75) is 32.7 Å². The molecule has 4 heteroatoms. The van der Waals surface area contributed by atoms with Crippen molar-refractivity contribution in [3.05, 3.63) is 24.2 Å². The van der Waals surface area contributed by atoms with Gasteiger partial charge in [0.05, 0.1) is 6.26 Å². The number of urea groups is 1. The Hall–Kier alpha value is -1.45. The van der Waals surface area contributed by atoms with E-state index in [1.165, 1.54) is 0 Å². The van der Waals surface area contributed by atoms with Crippen molar-refractivity contribution < 1.29 is 9.21 Å². The summed E-state index contributed by atoms with van der Waals surface area (Å²) >= 11 is 0. The van der Waals surface area contributed by atoms with Crippen molar-refractivity contribution >= 4 is 6.03 Å². The Labute approximate surface area is 90.0 Å². The smallest absolute Gasteiger partial charge is 0.314 e. The number of furan rings is 1. The van der Waals surface area contributed by atoms with Gasteiger partial charge < -0.3 is 15.1 Å². The van der Waals surface area contributed by atoms with Crippen molar-refractivity contribution in [1.29, 1.82) is 0 Å². The van der Waals surface area contributed by atoms with Crippen LogP contribution in [0.4, 0.5) is 4.79 Å². The van der Waals surface area contributed by atoms with E-state index in [0.717, 1.165) is 18.6 Å². The summed E-state index contributed by atoms with van der Waals surface area (Å²) in [6.07, 6.45) is 3.39.